The van der Waals surface area contributed by atoms with Crippen LogP contribution in [-0.4, -0.2) is 9.55 Å². The largest absolute Gasteiger partial charge is 0.322 e. The first kappa shape index (κ1) is 14.9. The van der Waals surface area contributed by atoms with E-state index in [2.05, 4.69) is 55.3 Å². The molecule has 0 aliphatic rings. The smallest absolute Gasteiger partial charge is 0.139 e. The highest BCUT2D eigenvalue weighted by Gasteiger charge is 2.10. The fourth-order valence-electron chi connectivity index (χ4n) is 1.29. The second kappa shape index (κ2) is 7.22. The summed E-state index contributed by atoms with van der Waals surface area (Å²) in [6, 6.07) is 0. The maximum Gasteiger partial charge on any atom is 0.139 e. The number of hydrogen-bond donors (Lipinski definition) is 0. The van der Waals surface area contributed by atoms with E-state index in [1.165, 1.54) is 18.7 Å². The summed E-state index contributed by atoms with van der Waals surface area (Å²) in [7, 11) is 0. The maximum absolute atomic E-state index is 4.45. The van der Waals surface area contributed by atoms with Crippen LogP contribution in [0.25, 0.3) is 0 Å². The first-order valence-corrected chi connectivity index (χ1v) is 6.19. The van der Waals surface area contributed by atoms with Gasteiger partial charge in [0.2, 0.25) is 0 Å². The van der Waals surface area contributed by atoms with Crippen LogP contribution in [0.3, 0.4) is 0 Å². The van der Waals surface area contributed by atoms with E-state index in [1.54, 1.807) is 0 Å². The molecule has 1 aromatic heterocycles. The van der Waals surface area contributed by atoms with Crippen molar-refractivity contribution in [3.05, 3.63) is 15.0 Å². The summed E-state index contributed by atoms with van der Waals surface area (Å²) < 4.78 is 4.17. The Balaban J connectivity index is 0.00000169. The zero-order valence-corrected chi connectivity index (χ0v) is 13.9. The SMILES string of the molecule is CCCCc1nc(Br)c(Br)n1CC.I. The van der Waals surface area contributed by atoms with Crippen LogP contribution in [0.1, 0.15) is 32.5 Å². The van der Waals surface area contributed by atoms with Gasteiger partial charge in [-0.3, -0.25) is 0 Å². The molecule has 0 saturated carbocycles. The average Bonchev–Trinajstić information content (AvgIpc) is 2.39. The van der Waals surface area contributed by atoms with Crippen molar-refractivity contribution in [2.75, 3.05) is 0 Å². The molecule has 1 aromatic rings. The number of hydrogen-bond acceptors (Lipinski definition) is 1. The van der Waals surface area contributed by atoms with Crippen molar-refractivity contribution in [1.82, 2.24) is 9.55 Å². The highest BCUT2D eigenvalue weighted by molar-refractivity contribution is 14.0. The molecule has 0 aliphatic heterocycles. The van der Waals surface area contributed by atoms with E-state index in [0.29, 0.717) is 0 Å². The quantitative estimate of drug-likeness (QED) is 0.639. The Hall–Kier alpha value is 0.900. The van der Waals surface area contributed by atoms with Crippen molar-refractivity contribution in [3.63, 3.8) is 0 Å². The predicted octanol–water partition coefficient (Wildman–Crippen LogP) is 4.39. The van der Waals surface area contributed by atoms with Crippen molar-refractivity contribution in [3.8, 4) is 0 Å². The molecular formula is C9H15Br2IN2. The van der Waals surface area contributed by atoms with E-state index in [9.17, 15) is 0 Å². The summed E-state index contributed by atoms with van der Waals surface area (Å²) in [5, 5.41) is 0. The Morgan fingerprint density at radius 2 is 1.93 bits per heavy atom. The van der Waals surface area contributed by atoms with Gasteiger partial charge in [-0.1, -0.05) is 13.3 Å². The Kier molecular flexibility index (Phi) is 7.68. The van der Waals surface area contributed by atoms with Crippen molar-refractivity contribution >= 4 is 55.8 Å². The highest BCUT2D eigenvalue weighted by Crippen LogP contribution is 2.24. The summed E-state index contributed by atoms with van der Waals surface area (Å²) in [4.78, 5) is 4.45. The molecule has 5 heteroatoms. The summed E-state index contributed by atoms with van der Waals surface area (Å²) in [5.74, 6) is 1.17. The Labute approximate surface area is 119 Å². The van der Waals surface area contributed by atoms with E-state index in [-0.39, 0.29) is 24.0 Å². The lowest BCUT2D eigenvalue weighted by Crippen LogP contribution is -2.01. The lowest BCUT2D eigenvalue weighted by atomic mass is 10.2. The fourth-order valence-corrected chi connectivity index (χ4v) is 2.25. The Morgan fingerprint density at radius 3 is 2.43 bits per heavy atom. The minimum absolute atomic E-state index is 0. The molecular weight excluding hydrogens is 423 g/mol. The molecule has 14 heavy (non-hydrogen) atoms. The number of aryl methyl sites for hydroxylation is 1. The van der Waals surface area contributed by atoms with Crippen LogP contribution in [0.5, 0.6) is 0 Å². The summed E-state index contributed by atoms with van der Waals surface area (Å²) in [6.07, 6.45) is 3.48. The normalized spacial score (nSPS) is 10.0. The molecule has 1 heterocycles. The summed E-state index contributed by atoms with van der Waals surface area (Å²) in [5.41, 5.74) is 0. The van der Waals surface area contributed by atoms with E-state index < -0.39 is 0 Å². The Bertz CT molecular complexity index is 287. The monoisotopic (exact) mass is 436 g/mol. The van der Waals surface area contributed by atoms with Crippen molar-refractivity contribution in [2.24, 2.45) is 0 Å². The topological polar surface area (TPSA) is 17.8 Å². The van der Waals surface area contributed by atoms with E-state index >= 15 is 0 Å². The summed E-state index contributed by atoms with van der Waals surface area (Å²) in [6.45, 7) is 5.30. The van der Waals surface area contributed by atoms with Crippen molar-refractivity contribution < 1.29 is 0 Å². The second-order valence-electron chi connectivity index (χ2n) is 2.96. The zero-order valence-electron chi connectivity index (χ0n) is 8.39. The van der Waals surface area contributed by atoms with Crippen molar-refractivity contribution in [1.29, 1.82) is 0 Å². The van der Waals surface area contributed by atoms with E-state index in [1.807, 2.05) is 0 Å². The van der Waals surface area contributed by atoms with Gasteiger partial charge in [0.1, 0.15) is 15.0 Å². The molecule has 0 aromatic carbocycles. The average molecular weight is 438 g/mol. The number of nitrogens with zero attached hydrogens (tertiary/aromatic N) is 2. The molecule has 0 spiro atoms. The molecule has 82 valence electrons. The molecule has 0 amide bonds. The Morgan fingerprint density at radius 1 is 1.29 bits per heavy atom. The third-order valence-electron chi connectivity index (χ3n) is 2.02. The third kappa shape index (κ3) is 3.48. The van der Waals surface area contributed by atoms with Crippen LogP contribution in [-0.2, 0) is 13.0 Å². The van der Waals surface area contributed by atoms with E-state index in [4.69, 9.17) is 0 Å². The minimum Gasteiger partial charge on any atom is -0.322 e. The van der Waals surface area contributed by atoms with Gasteiger partial charge in [-0.15, -0.1) is 24.0 Å². The van der Waals surface area contributed by atoms with Crippen molar-refractivity contribution in [2.45, 2.75) is 39.7 Å². The van der Waals surface area contributed by atoms with Crippen LogP contribution in [0, 0.1) is 0 Å². The number of imidazole rings is 1. The molecule has 0 aliphatic carbocycles. The first-order valence-electron chi connectivity index (χ1n) is 4.61. The molecule has 0 unspecified atom stereocenters. The minimum atomic E-state index is 0. The molecule has 0 saturated heterocycles. The molecule has 0 radical (unpaired) electrons. The standard InChI is InChI=1S/C9H14Br2N2.HI/c1-3-5-6-7-12-8(10)9(11)13(7)4-2;/h3-6H2,1-2H3;1H. The number of halogens is 3. The third-order valence-corrected chi connectivity index (χ3v) is 3.90. The van der Waals surface area contributed by atoms with Gasteiger partial charge in [0.15, 0.2) is 0 Å². The lowest BCUT2D eigenvalue weighted by molar-refractivity contribution is 0.654. The molecule has 0 fully saturated rings. The van der Waals surface area contributed by atoms with Crippen LogP contribution in [0.15, 0.2) is 9.21 Å². The van der Waals surface area contributed by atoms with E-state index in [0.717, 1.165) is 22.2 Å². The van der Waals surface area contributed by atoms with Gasteiger partial charge in [-0.2, -0.15) is 0 Å². The first-order chi connectivity index (χ1) is 6.20. The summed E-state index contributed by atoms with van der Waals surface area (Å²) >= 11 is 6.93. The van der Waals surface area contributed by atoms with Crippen LogP contribution in [0.2, 0.25) is 0 Å². The zero-order chi connectivity index (χ0) is 9.84. The van der Waals surface area contributed by atoms with Crippen LogP contribution >= 0.6 is 55.8 Å². The fraction of sp³-hybridized carbons (Fsp3) is 0.667. The van der Waals surface area contributed by atoms with Crippen LogP contribution < -0.4 is 0 Å². The maximum atomic E-state index is 4.45. The highest BCUT2D eigenvalue weighted by atomic mass is 127. The number of rotatable bonds is 4. The molecule has 0 atom stereocenters. The van der Waals surface area contributed by atoms with Gasteiger partial charge < -0.3 is 4.57 Å². The van der Waals surface area contributed by atoms with Gasteiger partial charge in [0.25, 0.3) is 0 Å². The molecule has 0 N–H and O–H groups in total. The van der Waals surface area contributed by atoms with Gasteiger partial charge in [-0.05, 0) is 45.2 Å². The van der Waals surface area contributed by atoms with Crippen LogP contribution in [0.4, 0.5) is 0 Å². The predicted molar refractivity (Wildman–Crippen MR) is 77.3 cm³/mol. The van der Waals surface area contributed by atoms with Gasteiger partial charge in [0.05, 0.1) is 0 Å². The number of unbranched alkanes of at least 4 members (excludes halogenated alkanes) is 1. The van der Waals surface area contributed by atoms with Gasteiger partial charge in [-0.25, -0.2) is 4.98 Å². The lowest BCUT2D eigenvalue weighted by Gasteiger charge is -2.04. The van der Waals surface area contributed by atoms with Gasteiger partial charge >= 0.3 is 0 Å². The second-order valence-corrected chi connectivity index (χ2v) is 4.46. The number of aromatic nitrogens is 2. The molecule has 1 rings (SSSR count). The molecule has 2 nitrogen and oxygen atoms in total. The molecule has 0 bridgehead atoms. The van der Waals surface area contributed by atoms with Gasteiger partial charge in [0, 0.05) is 13.0 Å².